The Morgan fingerprint density at radius 1 is 1.22 bits per heavy atom. The first-order chi connectivity index (χ1) is 11.0. The van der Waals surface area contributed by atoms with Crippen molar-refractivity contribution in [1.82, 2.24) is 4.98 Å². The quantitative estimate of drug-likeness (QED) is 0.767. The highest BCUT2D eigenvalue weighted by Crippen LogP contribution is 2.34. The van der Waals surface area contributed by atoms with Crippen molar-refractivity contribution < 1.29 is 14.6 Å². The van der Waals surface area contributed by atoms with Crippen LogP contribution in [0.4, 0.5) is 0 Å². The Morgan fingerprint density at radius 3 is 2.65 bits per heavy atom. The molecule has 124 valence electrons. The Bertz CT molecular complexity index is 662. The van der Waals surface area contributed by atoms with E-state index < -0.39 is 0 Å². The summed E-state index contributed by atoms with van der Waals surface area (Å²) in [5.74, 6) is 1.59. The maximum atomic E-state index is 9.04. The maximum absolute atomic E-state index is 9.04. The van der Waals surface area contributed by atoms with E-state index in [0.717, 1.165) is 5.56 Å². The molecule has 1 heterocycles. The third-order valence-electron chi connectivity index (χ3n) is 3.00. The fourth-order valence-electron chi connectivity index (χ4n) is 2.03. The summed E-state index contributed by atoms with van der Waals surface area (Å²) < 4.78 is 11.5. The van der Waals surface area contributed by atoms with Crippen molar-refractivity contribution in [2.24, 2.45) is 0 Å². The molecule has 23 heavy (non-hydrogen) atoms. The molecule has 0 atom stereocenters. The fraction of sp³-hybridized carbons (Fsp3) is 0.353. The molecule has 0 fully saturated rings. The number of pyridine rings is 1. The Kier molecular flexibility index (Phi) is 6.51. The van der Waals surface area contributed by atoms with Crippen LogP contribution in [0.1, 0.15) is 25.8 Å². The summed E-state index contributed by atoms with van der Waals surface area (Å²) in [5, 5.41) is 9.82. The average Bonchev–Trinajstić information content (AvgIpc) is 2.48. The van der Waals surface area contributed by atoms with Gasteiger partial charge in [0.1, 0.15) is 16.5 Å². The van der Waals surface area contributed by atoms with Gasteiger partial charge in [-0.3, -0.25) is 0 Å². The van der Waals surface area contributed by atoms with E-state index >= 15 is 0 Å². The maximum Gasteiger partial charge on any atom is 0.238 e. The zero-order valence-electron chi connectivity index (χ0n) is 13.1. The topological polar surface area (TPSA) is 51.6 Å². The van der Waals surface area contributed by atoms with Crippen molar-refractivity contribution >= 4 is 23.2 Å². The zero-order valence-corrected chi connectivity index (χ0v) is 14.6. The second-order valence-electron chi connectivity index (χ2n) is 5.31. The van der Waals surface area contributed by atoms with Crippen molar-refractivity contribution in [3.8, 4) is 17.4 Å². The van der Waals surface area contributed by atoms with Crippen LogP contribution in [0.15, 0.2) is 30.5 Å². The number of hydrogen-bond acceptors (Lipinski definition) is 4. The van der Waals surface area contributed by atoms with E-state index in [4.69, 9.17) is 37.8 Å². The first kappa shape index (κ1) is 17.9. The monoisotopic (exact) mass is 355 g/mol. The summed E-state index contributed by atoms with van der Waals surface area (Å²) in [6.07, 6.45) is 2.86. The Morgan fingerprint density at radius 2 is 2.00 bits per heavy atom. The van der Waals surface area contributed by atoms with Crippen LogP contribution in [-0.2, 0) is 6.42 Å². The van der Waals surface area contributed by atoms with E-state index in [1.54, 1.807) is 12.1 Å². The summed E-state index contributed by atoms with van der Waals surface area (Å²) in [6, 6.07) is 7.19. The lowest BCUT2D eigenvalue weighted by Gasteiger charge is -2.15. The largest absolute Gasteiger partial charge is 0.491 e. The molecule has 0 saturated carbocycles. The molecule has 0 aliphatic heterocycles. The second kappa shape index (κ2) is 8.39. The fourth-order valence-corrected chi connectivity index (χ4v) is 2.45. The number of ether oxygens (including phenoxy) is 2. The molecule has 2 rings (SSSR count). The minimum Gasteiger partial charge on any atom is -0.491 e. The number of aryl methyl sites for hydroxylation is 1. The first-order valence-corrected chi connectivity index (χ1v) is 8.14. The first-order valence-electron chi connectivity index (χ1n) is 7.39. The van der Waals surface area contributed by atoms with Gasteiger partial charge in [-0.05, 0) is 44.4 Å². The van der Waals surface area contributed by atoms with Gasteiger partial charge in [0.15, 0.2) is 0 Å². The number of aliphatic hydroxyl groups is 1. The number of aromatic nitrogens is 1. The number of nitrogens with zero attached hydrogens (tertiary/aromatic N) is 1. The van der Waals surface area contributed by atoms with Crippen LogP contribution in [0.25, 0.3) is 0 Å². The van der Waals surface area contributed by atoms with Crippen LogP contribution in [0, 0.1) is 0 Å². The van der Waals surface area contributed by atoms with Gasteiger partial charge in [0.25, 0.3) is 0 Å². The molecular weight excluding hydrogens is 337 g/mol. The summed E-state index contributed by atoms with van der Waals surface area (Å²) in [7, 11) is 0. The Labute approximate surface area is 146 Å². The van der Waals surface area contributed by atoms with Crippen LogP contribution in [0.2, 0.25) is 10.0 Å². The van der Waals surface area contributed by atoms with Crippen LogP contribution in [0.5, 0.6) is 17.4 Å². The molecule has 1 aromatic heterocycles. The van der Waals surface area contributed by atoms with Crippen molar-refractivity contribution in [2.45, 2.75) is 32.8 Å². The van der Waals surface area contributed by atoms with Gasteiger partial charge >= 0.3 is 0 Å². The molecule has 2 aromatic rings. The molecule has 0 unspecified atom stereocenters. The smallest absolute Gasteiger partial charge is 0.238 e. The molecule has 0 amide bonds. The van der Waals surface area contributed by atoms with Gasteiger partial charge in [0, 0.05) is 18.9 Å². The normalized spacial score (nSPS) is 10.9. The van der Waals surface area contributed by atoms with Gasteiger partial charge in [-0.25, -0.2) is 4.98 Å². The highest BCUT2D eigenvalue weighted by Gasteiger charge is 2.12. The number of benzene rings is 1. The summed E-state index contributed by atoms with van der Waals surface area (Å²) in [5.41, 5.74) is 0.947. The summed E-state index contributed by atoms with van der Waals surface area (Å²) in [4.78, 5) is 4.11. The lowest BCUT2D eigenvalue weighted by Crippen LogP contribution is -2.06. The lowest BCUT2D eigenvalue weighted by molar-refractivity contribution is 0.241. The number of rotatable bonds is 7. The van der Waals surface area contributed by atoms with Crippen LogP contribution in [0.3, 0.4) is 0 Å². The molecule has 1 N–H and O–H groups in total. The molecule has 0 aliphatic carbocycles. The highest BCUT2D eigenvalue weighted by atomic mass is 35.5. The molecule has 4 nitrogen and oxygen atoms in total. The van der Waals surface area contributed by atoms with Crippen LogP contribution < -0.4 is 9.47 Å². The standard InChI is InChI=1S/C17H19Cl2NO3/c1-11(2)22-14-6-5-12(4-3-7-21)16(9-14)23-17-15(19)8-13(18)10-20-17/h5-6,8-11,21H,3-4,7H2,1-2H3. The van der Waals surface area contributed by atoms with E-state index in [1.165, 1.54) is 6.20 Å². The predicted molar refractivity (Wildman–Crippen MR) is 91.9 cm³/mol. The SMILES string of the molecule is CC(C)Oc1ccc(CCCO)c(Oc2ncc(Cl)cc2Cl)c1. The third kappa shape index (κ3) is 5.27. The molecule has 0 spiro atoms. The molecule has 1 aromatic carbocycles. The van der Waals surface area contributed by atoms with Crippen molar-refractivity contribution in [2.75, 3.05) is 6.61 Å². The van der Waals surface area contributed by atoms with Gasteiger partial charge in [-0.15, -0.1) is 0 Å². The third-order valence-corrected chi connectivity index (χ3v) is 3.47. The molecule has 0 aliphatic rings. The van der Waals surface area contributed by atoms with E-state index in [1.807, 2.05) is 26.0 Å². The zero-order chi connectivity index (χ0) is 16.8. The van der Waals surface area contributed by atoms with Gasteiger partial charge in [0.2, 0.25) is 5.88 Å². The van der Waals surface area contributed by atoms with Crippen molar-refractivity contribution in [3.63, 3.8) is 0 Å². The van der Waals surface area contributed by atoms with E-state index in [2.05, 4.69) is 4.98 Å². The summed E-state index contributed by atoms with van der Waals surface area (Å²) in [6.45, 7) is 4.03. The number of aliphatic hydroxyl groups excluding tert-OH is 1. The van der Waals surface area contributed by atoms with Crippen LogP contribution in [-0.4, -0.2) is 22.8 Å². The van der Waals surface area contributed by atoms with Crippen molar-refractivity contribution in [3.05, 3.63) is 46.1 Å². The van der Waals surface area contributed by atoms with E-state index in [0.29, 0.717) is 34.4 Å². The number of hydrogen-bond donors (Lipinski definition) is 1. The molecule has 0 radical (unpaired) electrons. The second-order valence-corrected chi connectivity index (χ2v) is 6.15. The van der Waals surface area contributed by atoms with E-state index in [-0.39, 0.29) is 18.6 Å². The molecule has 6 heteroatoms. The molecular formula is C17H19Cl2NO3. The van der Waals surface area contributed by atoms with Gasteiger partial charge in [-0.1, -0.05) is 29.3 Å². The number of halogens is 2. The molecule has 0 bridgehead atoms. The van der Waals surface area contributed by atoms with Crippen LogP contribution >= 0.6 is 23.2 Å². The summed E-state index contributed by atoms with van der Waals surface area (Å²) >= 11 is 12.0. The molecule has 0 saturated heterocycles. The average molecular weight is 356 g/mol. The highest BCUT2D eigenvalue weighted by molar-refractivity contribution is 6.35. The van der Waals surface area contributed by atoms with Gasteiger partial charge in [-0.2, -0.15) is 0 Å². The van der Waals surface area contributed by atoms with Gasteiger partial charge < -0.3 is 14.6 Å². The Balaban J connectivity index is 2.31. The lowest BCUT2D eigenvalue weighted by atomic mass is 10.1. The minimum atomic E-state index is 0.0587. The predicted octanol–water partition coefficient (Wildman–Crippen LogP) is 4.89. The minimum absolute atomic E-state index is 0.0587. The van der Waals surface area contributed by atoms with Crippen molar-refractivity contribution in [1.29, 1.82) is 0 Å². The van der Waals surface area contributed by atoms with E-state index in [9.17, 15) is 0 Å². The van der Waals surface area contributed by atoms with Gasteiger partial charge in [0.05, 0.1) is 11.1 Å². The Hall–Kier alpha value is -1.49.